The summed E-state index contributed by atoms with van der Waals surface area (Å²) in [4.78, 5) is 28.0. The predicted molar refractivity (Wildman–Crippen MR) is 219 cm³/mol. The van der Waals surface area contributed by atoms with Gasteiger partial charge in [0.2, 0.25) is 5.79 Å². The zero-order chi connectivity index (χ0) is 44.2. The fraction of sp³-hybridized carbons (Fsp3) is 0.872. The van der Waals surface area contributed by atoms with Gasteiger partial charge in [-0.2, -0.15) is 0 Å². The molecule has 8 fully saturated rings. The predicted octanol–water partition coefficient (Wildman–Crippen LogP) is 4.22. The minimum Gasteiger partial charge on any atom is -0.456 e. The molecule has 0 aromatic heterocycles. The van der Waals surface area contributed by atoms with Gasteiger partial charge in [0, 0.05) is 32.1 Å². The summed E-state index contributed by atoms with van der Waals surface area (Å²) in [6.45, 7) is 13.7. The van der Waals surface area contributed by atoms with E-state index in [1.54, 1.807) is 26.8 Å². The van der Waals surface area contributed by atoms with Crippen LogP contribution >= 0.6 is 0 Å². The van der Waals surface area contributed by atoms with E-state index in [4.69, 9.17) is 42.6 Å². The van der Waals surface area contributed by atoms with Gasteiger partial charge in [-0.05, 0) is 97.8 Å². The van der Waals surface area contributed by atoms with Crippen LogP contribution in [-0.4, -0.2) is 140 Å². The molecule has 9 rings (SSSR count). The van der Waals surface area contributed by atoms with E-state index in [1.807, 2.05) is 13.0 Å². The van der Waals surface area contributed by atoms with Gasteiger partial charge in [-0.25, -0.2) is 0 Å². The number of esters is 1. The highest BCUT2D eigenvalue weighted by Crippen LogP contribution is 2.55. The maximum atomic E-state index is 14.1. The largest absolute Gasteiger partial charge is 0.456 e. The molecular formula is C47H70O15. The Morgan fingerprint density at radius 3 is 2.34 bits per heavy atom. The Kier molecular flexibility index (Phi) is 11.8. The first-order valence-corrected chi connectivity index (χ1v) is 23.4. The molecule has 15 heteroatoms. The molecule has 4 N–H and O–H groups in total. The number of carbonyl (C=O) groups is 2. The lowest BCUT2D eigenvalue weighted by Gasteiger charge is -2.47. The third-order valence-corrected chi connectivity index (χ3v) is 16.0. The second-order valence-corrected chi connectivity index (χ2v) is 21.4. The van der Waals surface area contributed by atoms with Gasteiger partial charge in [-0.15, -0.1) is 0 Å². The van der Waals surface area contributed by atoms with Crippen LogP contribution in [0.3, 0.4) is 0 Å². The van der Waals surface area contributed by atoms with E-state index in [-0.39, 0.29) is 36.8 Å². The highest BCUT2D eigenvalue weighted by Gasteiger charge is 2.65. The fourth-order valence-electron chi connectivity index (χ4n) is 12.5. The first-order chi connectivity index (χ1) is 29.2. The van der Waals surface area contributed by atoms with Crippen molar-refractivity contribution in [2.75, 3.05) is 6.61 Å². The van der Waals surface area contributed by atoms with Crippen LogP contribution in [0.15, 0.2) is 23.8 Å². The van der Waals surface area contributed by atoms with E-state index in [2.05, 4.69) is 26.8 Å². The number of fused-ring (bicyclic) bond motifs is 10. The topological polar surface area (TPSA) is 198 Å². The Hall–Kier alpha value is -1.86. The third kappa shape index (κ3) is 7.99. The molecule has 0 aliphatic carbocycles. The van der Waals surface area contributed by atoms with Crippen molar-refractivity contribution in [1.82, 2.24) is 0 Å². The molecule has 9 aliphatic heterocycles. The number of aliphatic hydroxyl groups excluding tert-OH is 3. The highest BCUT2D eigenvalue weighted by molar-refractivity contribution is 5.86. The highest BCUT2D eigenvalue weighted by atomic mass is 16.8. The third-order valence-electron chi connectivity index (χ3n) is 16.0. The first kappa shape index (κ1) is 45.3. The number of carbonyl (C=O) groups excluding carboxylic acids is 2. The number of aliphatic hydroxyl groups is 4. The van der Waals surface area contributed by atoms with Crippen molar-refractivity contribution in [3.63, 3.8) is 0 Å². The second kappa shape index (κ2) is 16.2. The Morgan fingerprint density at radius 1 is 0.774 bits per heavy atom. The summed E-state index contributed by atoms with van der Waals surface area (Å²) in [7, 11) is 0. The number of hydrogen-bond donors (Lipinski definition) is 4. The lowest BCUT2D eigenvalue weighted by Crippen LogP contribution is -2.62. The van der Waals surface area contributed by atoms with E-state index < -0.39 is 107 Å². The Bertz CT molecular complexity index is 1790. The summed E-state index contributed by atoms with van der Waals surface area (Å²) in [6, 6.07) is 0. The van der Waals surface area contributed by atoms with Crippen LogP contribution < -0.4 is 0 Å². The molecule has 15 nitrogen and oxygen atoms in total. The lowest BCUT2D eigenvalue weighted by atomic mass is 9.86. The van der Waals surface area contributed by atoms with Gasteiger partial charge in [0.05, 0.1) is 42.0 Å². The number of rotatable bonds is 1. The second-order valence-electron chi connectivity index (χ2n) is 21.4. The molecule has 0 amide bonds. The minimum atomic E-state index is -2.23. The smallest absolute Gasteiger partial charge is 0.311 e. The summed E-state index contributed by atoms with van der Waals surface area (Å²) >= 11 is 0. The fourth-order valence-corrected chi connectivity index (χ4v) is 12.5. The Labute approximate surface area is 365 Å². The summed E-state index contributed by atoms with van der Waals surface area (Å²) in [5.41, 5.74) is -1.34. The SMILES string of the molecule is CC1=C/[C@@H](C)C[C@]2(C)CC[C@H](O2)[C@]23CC[C@](C)(C[C@H](O2)[C@@H]2O[C@@](C)(CC2=O)[C@H](O)[C@H]2CC[C@@]4(CCC[C@@H](O4)[C@H](C)C(=O)O[C@H]4[C@H](O)[C@H]([C@]5(O)OCC[C@H](C)[C@@H]5O)O[C@H]4/C=C\1)O2)O3. The van der Waals surface area contributed by atoms with E-state index in [1.165, 1.54) is 0 Å². The normalized spacial score (nSPS) is 56.2. The molecule has 0 aromatic rings. The summed E-state index contributed by atoms with van der Waals surface area (Å²) in [5, 5.41) is 46.6. The van der Waals surface area contributed by atoms with Crippen LogP contribution in [0.2, 0.25) is 0 Å². The quantitative estimate of drug-likeness (QED) is 0.273. The van der Waals surface area contributed by atoms with Crippen molar-refractivity contribution in [3.8, 4) is 0 Å². The van der Waals surface area contributed by atoms with Gasteiger partial charge < -0.3 is 63.1 Å². The van der Waals surface area contributed by atoms with Gasteiger partial charge in [0.15, 0.2) is 23.5 Å². The molecule has 0 aromatic carbocycles. The maximum Gasteiger partial charge on any atom is 0.311 e. The number of allylic oxidation sites excluding steroid dienone is 3. The van der Waals surface area contributed by atoms with E-state index >= 15 is 0 Å². The molecule has 2 spiro atoms. The average molecular weight is 875 g/mol. The van der Waals surface area contributed by atoms with E-state index in [0.29, 0.717) is 57.8 Å². The van der Waals surface area contributed by atoms with Crippen LogP contribution in [-0.2, 0) is 52.2 Å². The van der Waals surface area contributed by atoms with Crippen molar-refractivity contribution >= 4 is 11.8 Å². The summed E-state index contributed by atoms with van der Waals surface area (Å²) in [6.07, 6.45) is 2.25. The molecule has 0 radical (unpaired) electrons. The number of ketones is 1. The van der Waals surface area contributed by atoms with Gasteiger partial charge >= 0.3 is 5.97 Å². The zero-order valence-corrected chi connectivity index (χ0v) is 37.5. The molecule has 348 valence electrons. The van der Waals surface area contributed by atoms with Crippen LogP contribution in [0.5, 0.6) is 0 Å². The van der Waals surface area contributed by atoms with Crippen molar-refractivity contribution in [3.05, 3.63) is 23.8 Å². The molecule has 0 saturated carbocycles. The number of ether oxygens (including phenoxy) is 9. The monoisotopic (exact) mass is 874 g/mol. The van der Waals surface area contributed by atoms with Gasteiger partial charge in [0.25, 0.3) is 0 Å². The van der Waals surface area contributed by atoms with Gasteiger partial charge in [-0.1, -0.05) is 37.6 Å². The molecule has 0 unspecified atom stereocenters. The van der Waals surface area contributed by atoms with E-state index in [0.717, 1.165) is 24.8 Å². The minimum absolute atomic E-state index is 0.000256. The molecular weight excluding hydrogens is 805 g/mol. The van der Waals surface area contributed by atoms with E-state index in [9.17, 15) is 30.0 Å². The molecule has 9 aliphatic rings. The van der Waals surface area contributed by atoms with Gasteiger partial charge in [-0.3, -0.25) is 9.59 Å². The number of Topliss-reactive ketones (excluding diaryl/α,β-unsaturated/α-hetero) is 1. The van der Waals surface area contributed by atoms with Crippen molar-refractivity contribution in [2.24, 2.45) is 17.8 Å². The Morgan fingerprint density at radius 2 is 1.55 bits per heavy atom. The van der Waals surface area contributed by atoms with Crippen molar-refractivity contribution in [1.29, 1.82) is 0 Å². The van der Waals surface area contributed by atoms with Crippen molar-refractivity contribution in [2.45, 2.75) is 233 Å². The van der Waals surface area contributed by atoms with Crippen LogP contribution in [0.4, 0.5) is 0 Å². The molecule has 10 bridgehead atoms. The standard InChI is InChI=1S/C47H70O15/c1-25-10-11-31-37(35(49)40(55-31)47(53)38(50)27(3)14-20-54-47)56-41(52)28(4)30-9-8-15-45(57-30)17-12-32(58-45)39(51)44(7)23-29(48)36(61-44)33-24-43(6)18-19-46(59-33,62-43)34-13-16-42(5,60-34)22-26(2)21-25/h10-11,21,26-28,30-40,49-51,53H,8-9,12-20,22-24H2,1-7H3/b11-10-,25-21-/t26-,27+,28+,30-,31+,32-,33+,34+,35+,36-,37-,38+,39-,40-,42+,43-,44+,45-,46-,47-/m1/s1. The average Bonchev–Trinajstić information content (AvgIpc) is 4.02. The van der Waals surface area contributed by atoms with Crippen LogP contribution in [0, 0.1) is 17.8 Å². The number of hydrogen-bond acceptors (Lipinski definition) is 15. The molecule has 62 heavy (non-hydrogen) atoms. The summed E-state index contributed by atoms with van der Waals surface area (Å²) in [5.74, 6) is -6.12. The maximum absolute atomic E-state index is 14.1. The first-order valence-electron chi connectivity index (χ1n) is 23.4. The van der Waals surface area contributed by atoms with Crippen LogP contribution in [0.1, 0.15) is 132 Å². The van der Waals surface area contributed by atoms with Crippen LogP contribution in [0.25, 0.3) is 0 Å². The molecule has 20 atom stereocenters. The lowest BCUT2D eigenvalue weighted by molar-refractivity contribution is -0.359. The summed E-state index contributed by atoms with van der Waals surface area (Å²) < 4.78 is 58.6. The molecule has 8 saturated heterocycles. The zero-order valence-electron chi connectivity index (χ0n) is 37.5. The Balaban J connectivity index is 1.01. The van der Waals surface area contributed by atoms with Gasteiger partial charge in [0.1, 0.15) is 48.3 Å². The molecule has 9 heterocycles. The van der Waals surface area contributed by atoms with Crippen molar-refractivity contribution < 1.29 is 72.6 Å².